The molecule has 392 valence electrons. The van der Waals surface area contributed by atoms with E-state index < -0.39 is 23.7 Å². The summed E-state index contributed by atoms with van der Waals surface area (Å²) in [4.78, 5) is 3.98. The van der Waals surface area contributed by atoms with Gasteiger partial charge >= 0.3 is 17.6 Å². The van der Waals surface area contributed by atoms with Crippen LogP contribution >= 0.6 is 48.8 Å². The number of hydrogen-bond acceptors (Lipinski definition) is 18. The molecule has 0 aromatic heterocycles. The third-order valence-corrected chi connectivity index (χ3v) is 18.2. The van der Waals surface area contributed by atoms with Gasteiger partial charge in [-0.3, -0.25) is 0 Å². The Morgan fingerprint density at radius 3 is 1.47 bits per heavy atom. The van der Waals surface area contributed by atoms with Gasteiger partial charge in [-0.2, -0.15) is 24.4 Å². The molecule has 1 fully saturated rings. The van der Waals surface area contributed by atoms with Crippen LogP contribution in [0, 0.1) is 0 Å². The summed E-state index contributed by atoms with van der Waals surface area (Å²) < 4.78 is 71.8. The highest BCUT2D eigenvalue weighted by atomic mass is 32.2. The van der Waals surface area contributed by atoms with E-state index in [2.05, 4.69) is 12.6 Å². The Bertz CT molecular complexity index is 1510. The second-order valence-electron chi connectivity index (χ2n) is 14.9. The van der Waals surface area contributed by atoms with Crippen LogP contribution in [-0.4, -0.2) is 200 Å². The fourth-order valence-corrected chi connectivity index (χ4v) is 11.2. The minimum absolute atomic E-state index is 0.152. The van der Waals surface area contributed by atoms with Crippen LogP contribution in [0.5, 0.6) is 11.5 Å². The van der Waals surface area contributed by atoms with Crippen molar-refractivity contribution in [1.29, 1.82) is 0 Å². The van der Waals surface area contributed by atoms with Crippen molar-refractivity contribution in [3.05, 3.63) is 60.7 Å². The predicted octanol–water partition coefficient (Wildman–Crippen LogP) is 7.13. The minimum atomic E-state index is -2.59. The van der Waals surface area contributed by atoms with E-state index in [9.17, 15) is 5.11 Å². The van der Waals surface area contributed by atoms with Crippen LogP contribution in [0.2, 0.25) is 12.1 Å². The Labute approximate surface area is 430 Å². The van der Waals surface area contributed by atoms with Gasteiger partial charge < -0.3 is 74.6 Å². The van der Waals surface area contributed by atoms with Crippen molar-refractivity contribution in [1.82, 2.24) is 9.80 Å². The summed E-state index contributed by atoms with van der Waals surface area (Å²) >= 11 is 16.6. The number of thiol groups is 1. The summed E-state index contributed by atoms with van der Waals surface area (Å²) in [5, 5.41) is 11.2. The third kappa shape index (κ3) is 28.3. The molecule has 1 aliphatic rings. The Morgan fingerprint density at radius 2 is 1.07 bits per heavy atom. The number of benzene rings is 2. The van der Waals surface area contributed by atoms with Crippen molar-refractivity contribution in [2.45, 2.75) is 77.0 Å². The topological polar surface area (TPSA) is 150 Å². The highest BCUT2D eigenvalue weighted by Gasteiger charge is 2.38. The van der Waals surface area contributed by atoms with Crippen LogP contribution < -0.4 is 9.47 Å². The standard InChI is InChI=1S/C23H41NO7S2Si.C14H31NO5S2Si.C9H10O2/c1-6-24(7-2)23(32)31-22(17-29-14-11-15-34(26-3,27-4)28-5)19-33-18-20(25)16-30-21-12-9-8-10-13-21;1-6-15(7-2)14(22)20-13(12-21)11-19-9-8-10-23(16-3,17-4)18-5;1-2-4-8(5-3-1)10-6-9-7-11-9/h8-10,12-13,20,22,25H,6-7,11,14-19H2,1-5H3;13,21H,6-12H2,1-5H3;1-5,9H,6-7H2. The number of rotatable bonds is 35. The lowest BCUT2D eigenvalue weighted by Gasteiger charge is -2.27. The summed E-state index contributed by atoms with van der Waals surface area (Å²) in [5.74, 6) is 3.37. The Hall–Kier alpha value is -1.85. The van der Waals surface area contributed by atoms with E-state index in [0.29, 0.717) is 78.8 Å². The average molecular weight is 1070 g/mol. The van der Waals surface area contributed by atoms with Crippen molar-refractivity contribution in [2.75, 3.05) is 132 Å². The molecular formula is C46H82N2O14S4Si2. The molecule has 68 heavy (non-hydrogen) atoms. The van der Waals surface area contributed by atoms with Gasteiger partial charge in [0.25, 0.3) is 10.3 Å². The average Bonchev–Trinajstić information content (AvgIpc) is 4.21. The number of thiocarbonyl (C=S) groups is 2. The molecule has 1 aliphatic heterocycles. The van der Waals surface area contributed by atoms with E-state index in [-0.39, 0.29) is 18.8 Å². The lowest BCUT2D eigenvalue weighted by molar-refractivity contribution is 0.0459. The van der Waals surface area contributed by atoms with Gasteiger partial charge in [0.05, 0.1) is 25.9 Å². The van der Waals surface area contributed by atoms with Gasteiger partial charge in [-0.1, -0.05) is 36.4 Å². The molecular weight excluding hydrogens is 989 g/mol. The summed E-state index contributed by atoms with van der Waals surface area (Å²) in [5.41, 5.74) is 0. The molecule has 0 spiro atoms. The van der Waals surface area contributed by atoms with Crippen LogP contribution in [-0.2, 0) is 50.2 Å². The number of nitrogens with zero attached hydrogens (tertiary/aromatic N) is 2. The molecule has 1 saturated heterocycles. The van der Waals surface area contributed by atoms with Crippen LogP contribution in [0.15, 0.2) is 60.7 Å². The molecule has 2 aromatic carbocycles. The second-order valence-corrected chi connectivity index (χ2v) is 23.2. The first-order chi connectivity index (χ1) is 32.9. The number of aliphatic hydroxyl groups is 1. The van der Waals surface area contributed by atoms with E-state index >= 15 is 0 Å². The molecule has 22 heteroatoms. The van der Waals surface area contributed by atoms with Crippen molar-refractivity contribution in [3.8, 4) is 11.5 Å². The number of ether oxygens (including phenoxy) is 7. The van der Waals surface area contributed by atoms with Crippen LogP contribution in [0.4, 0.5) is 0 Å². The van der Waals surface area contributed by atoms with Crippen molar-refractivity contribution < 1.29 is 64.8 Å². The minimum Gasteiger partial charge on any atom is -0.491 e. The third-order valence-electron chi connectivity index (χ3n) is 10.2. The fourth-order valence-electron chi connectivity index (χ4n) is 5.92. The summed E-state index contributed by atoms with van der Waals surface area (Å²) in [6.07, 6.45) is 0.918. The Kier molecular flexibility index (Phi) is 37.5. The lowest BCUT2D eigenvalue weighted by Crippen LogP contribution is -2.42. The maximum absolute atomic E-state index is 10.3. The van der Waals surface area contributed by atoms with E-state index in [0.717, 1.165) is 57.1 Å². The van der Waals surface area contributed by atoms with Crippen LogP contribution in [0.3, 0.4) is 0 Å². The normalized spacial score (nSPS) is 14.5. The lowest BCUT2D eigenvalue weighted by atomic mass is 10.3. The first-order valence-electron chi connectivity index (χ1n) is 23.1. The van der Waals surface area contributed by atoms with Crippen molar-refractivity contribution in [3.63, 3.8) is 0 Å². The van der Waals surface area contributed by atoms with Gasteiger partial charge in [-0.25, -0.2) is 0 Å². The molecule has 3 rings (SSSR count). The molecule has 0 bridgehead atoms. The first kappa shape index (κ1) is 64.2. The number of aliphatic hydroxyl groups excluding tert-OH is 1. The SMILES string of the molecule is CCN(CC)C(=S)OC(COCCC[Si](OC)(OC)OC)CSCC(O)COc1ccccc1.CCN(CC)C(=S)OC(CS)COCCC[Si](OC)(OC)OC.c1ccc(OCC2CO2)cc1. The Morgan fingerprint density at radius 1 is 0.662 bits per heavy atom. The molecule has 2 aromatic rings. The van der Waals surface area contributed by atoms with Crippen LogP contribution in [0.25, 0.3) is 0 Å². The zero-order chi connectivity index (χ0) is 50.5. The molecule has 0 radical (unpaired) electrons. The maximum Gasteiger partial charge on any atom is 0.500 e. The van der Waals surface area contributed by atoms with Crippen LogP contribution in [0.1, 0.15) is 40.5 Å². The van der Waals surface area contributed by atoms with E-state index in [1.807, 2.05) is 98.2 Å². The summed E-state index contributed by atoms with van der Waals surface area (Å²) in [7, 11) is 4.55. The van der Waals surface area contributed by atoms with Gasteiger partial charge in [0.15, 0.2) is 0 Å². The zero-order valence-corrected chi connectivity index (χ0v) is 47.5. The Balaban J connectivity index is 0.000000578. The zero-order valence-electron chi connectivity index (χ0n) is 42.1. The van der Waals surface area contributed by atoms with E-state index in [1.165, 1.54) is 0 Å². The fraction of sp³-hybridized carbons (Fsp3) is 0.696. The van der Waals surface area contributed by atoms with Gasteiger partial charge in [0.2, 0.25) is 0 Å². The molecule has 0 aliphatic carbocycles. The smallest absolute Gasteiger partial charge is 0.491 e. The molecule has 0 saturated carbocycles. The van der Waals surface area contributed by atoms with Gasteiger partial charge in [0.1, 0.15) is 43.0 Å². The highest BCUT2D eigenvalue weighted by Crippen LogP contribution is 2.18. The van der Waals surface area contributed by atoms with Gasteiger partial charge in [-0.05, 0) is 89.2 Å². The first-order valence-corrected chi connectivity index (χ1v) is 29.6. The molecule has 16 nitrogen and oxygen atoms in total. The molecule has 4 unspecified atom stereocenters. The number of para-hydroxylation sites is 2. The number of thioether (sulfide) groups is 1. The van der Waals surface area contributed by atoms with E-state index in [4.69, 9.17) is 84.1 Å². The predicted molar refractivity (Wildman–Crippen MR) is 286 cm³/mol. The number of epoxide rings is 1. The maximum atomic E-state index is 10.3. The van der Waals surface area contributed by atoms with Crippen molar-refractivity contribution >= 4 is 76.8 Å². The van der Waals surface area contributed by atoms with E-state index in [1.54, 1.807) is 54.4 Å². The highest BCUT2D eigenvalue weighted by molar-refractivity contribution is 7.99. The summed E-state index contributed by atoms with van der Waals surface area (Å²) in [6.45, 7) is 15.1. The number of hydrogen-bond donors (Lipinski definition) is 2. The second kappa shape index (κ2) is 39.7. The molecule has 1 N–H and O–H groups in total. The molecule has 4 atom stereocenters. The van der Waals surface area contributed by atoms with Gasteiger partial charge in [-0.15, -0.1) is 0 Å². The monoisotopic (exact) mass is 1070 g/mol. The largest absolute Gasteiger partial charge is 0.500 e. The summed E-state index contributed by atoms with van der Waals surface area (Å²) in [6, 6.07) is 20.6. The molecule has 1 heterocycles. The molecule has 0 amide bonds. The van der Waals surface area contributed by atoms with Crippen molar-refractivity contribution in [2.24, 2.45) is 0 Å². The van der Waals surface area contributed by atoms with Gasteiger partial charge in [0, 0.05) is 111 Å². The quantitative estimate of drug-likeness (QED) is 0.0237.